The number of fused-ring (bicyclic) bond motifs is 1. The zero-order valence-corrected chi connectivity index (χ0v) is 10.3. The smallest absolute Gasteiger partial charge is 0.354 e. The Morgan fingerprint density at radius 1 is 1.10 bits per heavy atom. The summed E-state index contributed by atoms with van der Waals surface area (Å²) >= 11 is 0. The first-order valence-electron chi connectivity index (χ1n) is 5.73. The van der Waals surface area contributed by atoms with Gasteiger partial charge in [-0.3, -0.25) is 4.79 Å². The van der Waals surface area contributed by atoms with E-state index in [-0.39, 0.29) is 23.1 Å². The molecule has 0 bridgehead atoms. The Bertz CT molecular complexity index is 619. The number of alkyl halides is 5. The van der Waals surface area contributed by atoms with Gasteiger partial charge in [-0.15, -0.1) is 0 Å². The van der Waals surface area contributed by atoms with Crippen molar-refractivity contribution < 1.29 is 26.7 Å². The molecule has 2 N–H and O–H groups in total. The molecule has 1 heterocycles. The standard InChI is InChI=1S/C13H9F5N2O/c14-12(15)10-5-7(6-11(21)13(16,17)18)19-8-3-1-2-4-9(8)20-10/h1-6,12,19-20H. The lowest BCUT2D eigenvalue weighted by atomic mass is 10.2. The third kappa shape index (κ3) is 3.59. The molecule has 3 nitrogen and oxygen atoms in total. The van der Waals surface area contributed by atoms with E-state index in [0.29, 0.717) is 0 Å². The molecule has 0 aromatic heterocycles. The van der Waals surface area contributed by atoms with Crippen molar-refractivity contribution in [1.82, 2.24) is 0 Å². The van der Waals surface area contributed by atoms with E-state index in [4.69, 9.17) is 0 Å². The van der Waals surface area contributed by atoms with Crippen LogP contribution in [0.5, 0.6) is 0 Å². The minimum Gasteiger partial charge on any atom is -0.354 e. The highest BCUT2D eigenvalue weighted by molar-refractivity contribution is 5.96. The van der Waals surface area contributed by atoms with Crippen molar-refractivity contribution in [2.75, 3.05) is 10.6 Å². The highest BCUT2D eigenvalue weighted by Gasteiger charge is 2.37. The van der Waals surface area contributed by atoms with Crippen LogP contribution in [0.15, 0.2) is 47.8 Å². The van der Waals surface area contributed by atoms with Crippen molar-refractivity contribution in [3.63, 3.8) is 0 Å². The van der Waals surface area contributed by atoms with Crippen LogP contribution in [0, 0.1) is 0 Å². The quantitative estimate of drug-likeness (QED) is 0.647. The fourth-order valence-electron chi connectivity index (χ4n) is 1.67. The van der Waals surface area contributed by atoms with Gasteiger partial charge in [0.05, 0.1) is 17.1 Å². The van der Waals surface area contributed by atoms with Gasteiger partial charge < -0.3 is 10.6 Å². The van der Waals surface area contributed by atoms with Crippen LogP contribution in [-0.2, 0) is 4.79 Å². The van der Waals surface area contributed by atoms with Crippen LogP contribution in [0.2, 0.25) is 0 Å². The zero-order valence-electron chi connectivity index (χ0n) is 10.3. The molecule has 2 rings (SSSR count). The Morgan fingerprint density at radius 3 is 2.19 bits per heavy atom. The Labute approximate surface area is 116 Å². The van der Waals surface area contributed by atoms with Gasteiger partial charge in [-0.05, 0) is 18.2 Å². The molecule has 1 aromatic rings. The first-order chi connectivity index (χ1) is 9.77. The number of halogens is 5. The average molecular weight is 304 g/mol. The van der Waals surface area contributed by atoms with E-state index in [9.17, 15) is 26.7 Å². The second-order valence-corrected chi connectivity index (χ2v) is 4.16. The van der Waals surface area contributed by atoms with Crippen molar-refractivity contribution in [3.8, 4) is 0 Å². The summed E-state index contributed by atoms with van der Waals surface area (Å²) in [5, 5.41) is 4.93. The van der Waals surface area contributed by atoms with Gasteiger partial charge in [0.1, 0.15) is 0 Å². The van der Waals surface area contributed by atoms with Crippen LogP contribution in [0.4, 0.5) is 33.3 Å². The third-order valence-corrected chi connectivity index (χ3v) is 2.60. The van der Waals surface area contributed by atoms with Crippen molar-refractivity contribution >= 4 is 17.2 Å². The molecule has 0 amide bonds. The van der Waals surface area contributed by atoms with Gasteiger partial charge in [0.15, 0.2) is 0 Å². The molecule has 0 radical (unpaired) electrons. The van der Waals surface area contributed by atoms with Crippen LogP contribution in [0.1, 0.15) is 0 Å². The molecule has 8 heteroatoms. The third-order valence-electron chi connectivity index (χ3n) is 2.60. The largest absolute Gasteiger partial charge is 0.454 e. The number of hydrogen-bond acceptors (Lipinski definition) is 3. The van der Waals surface area contributed by atoms with E-state index in [1.807, 2.05) is 0 Å². The summed E-state index contributed by atoms with van der Waals surface area (Å²) in [6.45, 7) is 0. The molecule has 1 aromatic carbocycles. The topological polar surface area (TPSA) is 41.1 Å². The molecule has 0 spiro atoms. The number of benzene rings is 1. The van der Waals surface area contributed by atoms with Crippen molar-refractivity contribution in [2.45, 2.75) is 12.6 Å². The van der Waals surface area contributed by atoms with Gasteiger partial charge in [-0.1, -0.05) is 12.1 Å². The van der Waals surface area contributed by atoms with Gasteiger partial charge in [0, 0.05) is 11.8 Å². The molecule has 0 aliphatic carbocycles. The molecule has 0 unspecified atom stereocenters. The molecule has 21 heavy (non-hydrogen) atoms. The van der Waals surface area contributed by atoms with Gasteiger partial charge in [0.2, 0.25) is 0 Å². The van der Waals surface area contributed by atoms with E-state index in [2.05, 4.69) is 10.6 Å². The van der Waals surface area contributed by atoms with Crippen LogP contribution in [-0.4, -0.2) is 18.4 Å². The number of para-hydroxylation sites is 2. The Balaban J connectivity index is 2.44. The number of ketones is 1. The minimum absolute atomic E-state index is 0.242. The van der Waals surface area contributed by atoms with Gasteiger partial charge in [-0.25, -0.2) is 8.78 Å². The SMILES string of the molecule is O=C(C=C1C=C(C(F)F)Nc2ccccc2N1)C(F)(F)F. The normalized spacial score (nSPS) is 16.7. The maximum atomic E-state index is 12.8. The molecular formula is C13H9F5N2O. The summed E-state index contributed by atoms with van der Waals surface area (Å²) in [5.74, 6) is -2.13. The summed E-state index contributed by atoms with van der Waals surface area (Å²) in [5.41, 5.74) is -0.420. The lowest BCUT2D eigenvalue weighted by Crippen LogP contribution is -2.21. The number of carbonyl (C=O) groups is 1. The summed E-state index contributed by atoms with van der Waals surface area (Å²) < 4.78 is 62.4. The number of carbonyl (C=O) groups excluding carboxylic acids is 1. The van der Waals surface area contributed by atoms with E-state index in [0.717, 1.165) is 6.08 Å². The van der Waals surface area contributed by atoms with Crippen molar-refractivity contribution in [3.05, 3.63) is 47.8 Å². The highest BCUT2D eigenvalue weighted by atomic mass is 19.4. The van der Waals surface area contributed by atoms with Crippen LogP contribution < -0.4 is 10.6 Å². The van der Waals surface area contributed by atoms with E-state index in [1.54, 1.807) is 12.1 Å². The minimum atomic E-state index is -5.06. The average Bonchev–Trinajstić information content (AvgIpc) is 2.56. The second kappa shape index (κ2) is 5.55. The number of anilines is 2. The molecule has 0 atom stereocenters. The second-order valence-electron chi connectivity index (χ2n) is 4.16. The Morgan fingerprint density at radius 2 is 1.67 bits per heavy atom. The van der Waals surface area contributed by atoms with E-state index >= 15 is 0 Å². The first kappa shape index (κ1) is 15.0. The molecule has 112 valence electrons. The Hall–Kier alpha value is -2.38. The number of rotatable bonds is 2. The molecule has 0 saturated carbocycles. The van der Waals surface area contributed by atoms with E-state index < -0.39 is 24.1 Å². The fourth-order valence-corrected chi connectivity index (χ4v) is 1.67. The summed E-state index contributed by atoms with van der Waals surface area (Å²) in [4.78, 5) is 11.0. The first-order valence-corrected chi connectivity index (χ1v) is 5.73. The number of hydrogen-bond donors (Lipinski definition) is 2. The molecule has 0 saturated heterocycles. The summed E-state index contributed by atoms with van der Waals surface area (Å²) in [6, 6.07) is 6.11. The zero-order chi connectivity index (χ0) is 15.6. The van der Waals surface area contributed by atoms with Crippen molar-refractivity contribution in [1.29, 1.82) is 0 Å². The predicted molar refractivity (Wildman–Crippen MR) is 66.9 cm³/mol. The van der Waals surface area contributed by atoms with Gasteiger partial charge in [-0.2, -0.15) is 13.2 Å². The molecule has 1 aliphatic heterocycles. The van der Waals surface area contributed by atoms with Crippen LogP contribution >= 0.6 is 0 Å². The lowest BCUT2D eigenvalue weighted by molar-refractivity contribution is -0.165. The maximum absolute atomic E-state index is 12.8. The maximum Gasteiger partial charge on any atom is 0.454 e. The fraction of sp³-hybridized carbons (Fsp3) is 0.154. The predicted octanol–water partition coefficient (Wildman–Crippen LogP) is 3.69. The van der Waals surface area contributed by atoms with Crippen molar-refractivity contribution in [2.24, 2.45) is 0 Å². The van der Waals surface area contributed by atoms with Crippen LogP contribution in [0.25, 0.3) is 0 Å². The summed E-state index contributed by atoms with van der Waals surface area (Å²) in [7, 11) is 0. The monoisotopic (exact) mass is 304 g/mol. The van der Waals surface area contributed by atoms with E-state index in [1.165, 1.54) is 12.1 Å². The van der Waals surface area contributed by atoms with Crippen LogP contribution in [0.3, 0.4) is 0 Å². The van der Waals surface area contributed by atoms with Gasteiger partial charge >= 0.3 is 6.18 Å². The Kier molecular flexibility index (Phi) is 3.97. The lowest BCUT2D eigenvalue weighted by Gasteiger charge is -2.10. The molecule has 0 fully saturated rings. The number of nitrogens with one attached hydrogen (secondary N) is 2. The summed E-state index contributed by atoms with van der Waals surface area (Å²) in [6.07, 6.45) is -6.98. The molecule has 1 aliphatic rings. The van der Waals surface area contributed by atoms with Gasteiger partial charge in [0.25, 0.3) is 12.2 Å². The number of allylic oxidation sites excluding steroid dienone is 3. The molecular weight excluding hydrogens is 295 g/mol. The highest BCUT2D eigenvalue weighted by Crippen LogP contribution is 2.30.